The van der Waals surface area contributed by atoms with Crippen LogP contribution in [0.3, 0.4) is 0 Å². The number of hydrogen-bond donors (Lipinski definition) is 5. The van der Waals surface area contributed by atoms with E-state index in [0.29, 0.717) is 89.1 Å². The summed E-state index contributed by atoms with van der Waals surface area (Å²) in [6.45, 7) is 13.9. The number of amides is 1. The average Bonchev–Trinajstić information content (AvgIpc) is 3.52. The van der Waals surface area contributed by atoms with Gasteiger partial charge in [-0.25, -0.2) is 4.79 Å². The molecule has 0 radical (unpaired) electrons. The second-order valence-electron chi connectivity index (χ2n) is 18.3. The average molecular weight is 937 g/mol. The third-order valence-corrected chi connectivity index (χ3v) is 13.9. The molecule has 2 aliphatic heterocycles. The van der Waals surface area contributed by atoms with E-state index in [0.717, 1.165) is 54.6 Å². The number of anilines is 1. The van der Waals surface area contributed by atoms with Gasteiger partial charge < -0.3 is 30.1 Å². The number of primary amides is 1. The van der Waals surface area contributed by atoms with Crippen molar-refractivity contribution >= 4 is 48.8 Å². The predicted molar refractivity (Wildman–Crippen MR) is 246 cm³/mol. The lowest BCUT2D eigenvalue weighted by atomic mass is 9.78. The highest BCUT2D eigenvalue weighted by molar-refractivity contribution is 7.86. The summed E-state index contributed by atoms with van der Waals surface area (Å²) in [7, 11) is -9.95. The van der Waals surface area contributed by atoms with E-state index in [1.165, 1.54) is 18.2 Å². The van der Waals surface area contributed by atoms with Gasteiger partial charge in [-0.1, -0.05) is 46.6 Å². The van der Waals surface area contributed by atoms with Crippen molar-refractivity contribution in [3.63, 3.8) is 0 Å². The number of unbranched alkanes of at least 4 members (excludes halogenated alkanes) is 4. The van der Waals surface area contributed by atoms with Crippen molar-refractivity contribution < 1.29 is 55.0 Å². The van der Waals surface area contributed by atoms with Crippen molar-refractivity contribution in [3.8, 4) is 34.2 Å². The van der Waals surface area contributed by atoms with Gasteiger partial charge in [0.25, 0.3) is 20.2 Å². The number of nitrogens with zero attached hydrogens (tertiary/aromatic N) is 3. The fourth-order valence-electron chi connectivity index (χ4n) is 9.23. The maximum Gasteiger partial charge on any atom is 0.333 e. The van der Waals surface area contributed by atoms with Gasteiger partial charge in [-0.15, -0.1) is 4.73 Å². The molecule has 2 atom stereocenters. The molecule has 0 saturated heterocycles. The van der Waals surface area contributed by atoms with Crippen molar-refractivity contribution in [2.75, 3.05) is 18.0 Å². The highest BCUT2D eigenvalue weighted by Crippen LogP contribution is 2.50. The molecule has 352 valence electrons. The van der Waals surface area contributed by atoms with Crippen LogP contribution in [-0.2, 0) is 29.8 Å². The quantitative estimate of drug-likeness (QED) is 0.0297. The molecule has 3 aliphatic rings. The molecular formula is C47H60N4O12S2. The molecule has 2 unspecified atom stereocenters. The first-order valence-electron chi connectivity index (χ1n) is 22.0. The normalized spacial score (nSPS) is 16.0. The Morgan fingerprint density at radius 3 is 2.20 bits per heavy atom. The van der Waals surface area contributed by atoms with Gasteiger partial charge in [-0.3, -0.25) is 18.9 Å². The number of benzene rings is 3. The maximum absolute atomic E-state index is 13.2. The van der Waals surface area contributed by atoms with Gasteiger partial charge in [0.2, 0.25) is 17.7 Å². The fourth-order valence-corrected chi connectivity index (χ4v) is 10.5. The van der Waals surface area contributed by atoms with Crippen molar-refractivity contribution in [1.82, 2.24) is 4.73 Å². The molecule has 0 saturated carbocycles. The predicted octanol–water partition coefficient (Wildman–Crippen LogP) is 8.31. The van der Waals surface area contributed by atoms with Crippen LogP contribution in [0.25, 0.3) is 33.4 Å². The molecular weight excluding hydrogens is 877 g/mol. The van der Waals surface area contributed by atoms with E-state index in [1.807, 2.05) is 24.3 Å². The number of carbonyl (C=O) groups excluding carboxylic acids is 2. The van der Waals surface area contributed by atoms with Gasteiger partial charge in [-0.05, 0) is 106 Å². The number of carbonyl (C=O) groups is 2. The monoisotopic (exact) mass is 936 g/mol. The lowest BCUT2D eigenvalue weighted by Gasteiger charge is -2.48. The molecule has 0 fully saturated rings. The second kappa shape index (κ2) is 19.6. The molecule has 6 N–H and O–H groups in total. The van der Waals surface area contributed by atoms with Crippen molar-refractivity contribution in [1.29, 1.82) is 0 Å². The Hall–Kier alpha value is -5.43. The van der Waals surface area contributed by atoms with Gasteiger partial charge in [-0.2, -0.15) is 16.8 Å². The van der Waals surface area contributed by atoms with Crippen LogP contribution in [-0.4, -0.2) is 71.4 Å². The van der Waals surface area contributed by atoms with E-state index in [-0.39, 0.29) is 35.3 Å². The van der Waals surface area contributed by atoms with Crippen LogP contribution < -0.4 is 20.8 Å². The summed E-state index contributed by atoms with van der Waals surface area (Å²) < 4.78 is 79.1. The van der Waals surface area contributed by atoms with Crippen LogP contribution in [0.15, 0.2) is 73.8 Å². The zero-order chi connectivity index (χ0) is 47.6. The van der Waals surface area contributed by atoms with E-state index in [9.17, 15) is 45.7 Å². The SMILES string of the molecule is CC(C)CC(C)c1cc2c(-c3ccc(S(=O)(=O)O)cc3S(=O)(=O)O)c3cc4c(cc3oc-2cc1=NCCCCCC(=O)On1c(O)ccc1O)N(CCCCCC(N)=O)C(C)(C)CC4C. The first-order valence-corrected chi connectivity index (χ1v) is 24.9. The highest BCUT2D eigenvalue weighted by atomic mass is 32.2. The van der Waals surface area contributed by atoms with E-state index < -0.39 is 47.8 Å². The molecule has 65 heavy (non-hydrogen) atoms. The first kappa shape index (κ1) is 49.0. The number of nitrogens with two attached hydrogens (primary N) is 1. The van der Waals surface area contributed by atoms with Gasteiger partial charge in [0.1, 0.15) is 16.2 Å². The number of aromatic hydroxyl groups is 2. The summed E-state index contributed by atoms with van der Waals surface area (Å²) in [6, 6.07) is 13.2. The molecule has 0 spiro atoms. The van der Waals surface area contributed by atoms with Crippen LogP contribution in [0.1, 0.15) is 129 Å². The zero-order valence-electron chi connectivity index (χ0n) is 37.7. The summed E-state index contributed by atoms with van der Waals surface area (Å²) in [5.41, 5.74) is 9.19. The molecule has 1 aliphatic carbocycles. The van der Waals surface area contributed by atoms with Crippen LogP contribution in [0.2, 0.25) is 0 Å². The molecule has 0 bridgehead atoms. The summed E-state index contributed by atoms with van der Waals surface area (Å²) in [6.07, 6.45) is 5.89. The Labute approximate surface area is 379 Å². The molecule has 3 aromatic rings. The van der Waals surface area contributed by atoms with Crippen molar-refractivity contribution in [3.05, 3.63) is 71.1 Å². The standard InChI is InChI=1S/C47H60N4O12S2/c1-28(2)21-29(3)33-23-35-39(25-37(33)49-19-11-7-10-14-45(55)63-51-43(53)17-18-44(51)54)62-40-26-38-34(30(4)27-47(5,6)50(38)20-12-8-9-13-42(48)52)24-36(40)46(35)32-16-15-31(64(56,57)58)22-41(32)65(59,60)61/h15-18,22-26,28-30,53-54H,7-14,19-21,27H2,1-6H3,(H2,48,52)(H,56,57,58)(H,59,60,61). The number of fused-ring (bicyclic) bond motifs is 3. The van der Waals surface area contributed by atoms with Gasteiger partial charge >= 0.3 is 5.97 Å². The zero-order valence-corrected chi connectivity index (χ0v) is 39.3. The van der Waals surface area contributed by atoms with Crippen LogP contribution >= 0.6 is 0 Å². The third kappa shape index (κ3) is 11.3. The first-order chi connectivity index (χ1) is 30.5. The van der Waals surface area contributed by atoms with E-state index in [1.54, 1.807) is 0 Å². The Bertz CT molecular complexity index is 2830. The molecule has 3 heterocycles. The minimum Gasteiger partial charge on any atom is -0.492 e. The van der Waals surface area contributed by atoms with E-state index >= 15 is 0 Å². The molecule has 2 aromatic carbocycles. The minimum atomic E-state index is -5.08. The van der Waals surface area contributed by atoms with Gasteiger partial charge in [0, 0.05) is 83.5 Å². The van der Waals surface area contributed by atoms with Gasteiger partial charge in [0.05, 0.1) is 10.3 Å². The highest BCUT2D eigenvalue weighted by Gasteiger charge is 2.37. The smallest absolute Gasteiger partial charge is 0.333 e. The van der Waals surface area contributed by atoms with Crippen molar-refractivity contribution in [2.24, 2.45) is 16.6 Å². The van der Waals surface area contributed by atoms with Gasteiger partial charge in [0.15, 0.2) is 0 Å². The summed E-state index contributed by atoms with van der Waals surface area (Å²) in [5, 5.41) is 20.8. The Balaban J connectivity index is 1.51. The Morgan fingerprint density at radius 2 is 1.55 bits per heavy atom. The van der Waals surface area contributed by atoms with E-state index in [2.05, 4.69) is 46.4 Å². The largest absolute Gasteiger partial charge is 0.492 e. The molecule has 6 rings (SSSR count). The molecule has 1 aromatic heterocycles. The second-order valence-corrected chi connectivity index (χ2v) is 21.1. The number of aromatic nitrogens is 1. The summed E-state index contributed by atoms with van der Waals surface area (Å²) in [5.74, 6) is -1.11. The number of hydrogen-bond acceptors (Lipinski definition) is 12. The lowest BCUT2D eigenvalue weighted by molar-refractivity contribution is -0.145. The van der Waals surface area contributed by atoms with Crippen LogP contribution in [0.5, 0.6) is 11.8 Å². The van der Waals surface area contributed by atoms with Crippen molar-refractivity contribution in [2.45, 2.75) is 133 Å². The lowest BCUT2D eigenvalue weighted by Crippen LogP contribution is -2.48. The molecule has 18 heteroatoms. The Morgan fingerprint density at radius 1 is 0.877 bits per heavy atom. The topological polar surface area (TPSA) is 252 Å². The van der Waals surface area contributed by atoms with E-state index in [4.69, 9.17) is 20.0 Å². The van der Waals surface area contributed by atoms with Crippen LogP contribution in [0, 0.1) is 5.92 Å². The maximum atomic E-state index is 13.2. The molecule has 16 nitrogen and oxygen atoms in total. The number of rotatable bonds is 19. The minimum absolute atomic E-state index is 0.00799. The fraction of sp³-hybridized carbons (Fsp3) is 0.468. The summed E-state index contributed by atoms with van der Waals surface area (Å²) in [4.78, 5) is 34.8. The summed E-state index contributed by atoms with van der Waals surface area (Å²) >= 11 is 0. The third-order valence-electron chi connectivity index (χ3n) is 12.1. The molecule has 1 amide bonds. The Kier molecular flexibility index (Phi) is 14.8. The van der Waals surface area contributed by atoms with Crippen LogP contribution in [0.4, 0.5) is 5.69 Å².